The van der Waals surface area contributed by atoms with Crippen molar-refractivity contribution in [2.75, 3.05) is 33.2 Å². The second kappa shape index (κ2) is 5.46. The number of alkyl halides is 3. The van der Waals surface area contributed by atoms with Gasteiger partial charge in [-0.05, 0) is 17.7 Å². The van der Waals surface area contributed by atoms with E-state index in [0.29, 0.717) is 19.6 Å². The third-order valence-electron chi connectivity index (χ3n) is 4.31. The number of piperazine rings is 1. The fraction of sp³-hybridized carbons (Fsp3) is 0.533. The van der Waals surface area contributed by atoms with Crippen LogP contribution in [0.2, 0.25) is 0 Å². The number of rotatable bonds is 2. The fourth-order valence-electron chi connectivity index (χ4n) is 3.14. The second-order valence-corrected chi connectivity index (χ2v) is 5.94. The molecule has 2 aliphatic heterocycles. The van der Waals surface area contributed by atoms with E-state index in [2.05, 4.69) is 4.90 Å². The smallest absolute Gasteiger partial charge is 0.326 e. The first-order chi connectivity index (χ1) is 10.3. The minimum absolute atomic E-state index is 0.0687. The minimum Gasteiger partial charge on any atom is -0.326 e. The van der Waals surface area contributed by atoms with E-state index in [0.717, 1.165) is 30.8 Å². The summed E-state index contributed by atoms with van der Waals surface area (Å²) in [4.78, 5) is 17.6. The van der Waals surface area contributed by atoms with Crippen molar-refractivity contribution in [3.63, 3.8) is 0 Å². The number of hydrogen-bond acceptors (Lipinski definition) is 2. The molecule has 0 N–H and O–H groups in total. The largest absolute Gasteiger partial charge is 0.416 e. The summed E-state index contributed by atoms with van der Waals surface area (Å²) in [6.45, 7) is 3.51. The molecule has 120 valence electrons. The second-order valence-electron chi connectivity index (χ2n) is 5.94. The molecule has 2 saturated heterocycles. The van der Waals surface area contributed by atoms with Crippen LogP contribution in [0.3, 0.4) is 0 Å². The number of likely N-dealkylation sites (N-methyl/N-ethyl adjacent to an activating group) is 1. The van der Waals surface area contributed by atoms with Gasteiger partial charge in [-0.3, -0.25) is 4.90 Å². The third kappa shape index (κ3) is 2.90. The lowest BCUT2D eigenvalue weighted by molar-refractivity contribution is -0.137. The normalized spacial score (nSPS) is 23.1. The van der Waals surface area contributed by atoms with E-state index in [4.69, 9.17) is 0 Å². The number of halogens is 3. The molecule has 2 amide bonds. The van der Waals surface area contributed by atoms with Gasteiger partial charge in [-0.15, -0.1) is 0 Å². The van der Waals surface area contributed by atoms with E-state index in [1.807, 2.05) is 4.90 Å². The molecule has 2 heterocycles. The average molecular weight is 313 g/mol. The lowest BCUT2D eigenvalue weighted by atomic mass is 10.1. The molecule has 0 unspecified atom stereocenters. The Morgan fingerprint density at radius 1 is 1.14 bits per heavy atom. The zero-order chi connectivity index (χ0) is 15.9. The number of fused-ring (bicyclic) bond motifs is 1. The SMILES string of the molecule is CN1C[C@H]2CN(Cc3ccc(C(F)(F)F)cc3)CCN2C1=O. The maximum Gasteiger partial charge on any atom is 0.416 e. The van der Waals surface area contributed by atoms with E-state index in [1.54, 1.807) is 11.9 Å². The molecule has 4 nitrogen and oxygen atoms in total. The molecule has 2 aliphatic rings. The van der Waals surface area contributed by atoms with Gasteiger partial charge < -0.3 is 9.80 Å². The molecule has 0 aromatic heterocycles. The highest BCUT2D eigenvalue weighted by Gasteiger charge is 2.38. The zero-order valence-corrected chi connectivity index (χ0v) is 12.3. The first-order valence-electron chi connectivity index (χ1n) is 7.25. The number of nitrogens with zero attached hydrogens (tertiary/aromatic N) is 3. The summed E-state index contributed by atoms with van der Waals surface area (Å²) in [5.41, 5.74) is 0.239. The average Bonchev–Trinajstić information content (AvgIpc) is 2.73. The van der Waals surface area contributed by atoms with Crippen LogP contribution in [0.5, 0.6) is 0 Å². The number of benzene rings is 1. The van der Waals surface area contributed by atoms with Crippen molar-refractivity contribution in [2.45, 2.75) is 18.8 Å². The van der Waals surface area contributed by atoms with Crippen LogP contribution in [0.15, 0.2) is 24.3 Å². The Hall–Kier alpha value is -1.76. The van der Waals surface area contributed by atoms with Gasteiger partial charge >= 0.3 is 12.2 Å². The lowest BCUT2D eigenvalue weighted by Crippen LogP contribution is -2.51. The summed E-state index contributed by atoms with van der Waals surface area (Å²) in [7, 11) is 1.79. The molecule has 0 bridgehead atoms. The quantitative estimate of drug-likeness (QED) is 0.837. The molecule has 7 heteroatoms. The van der Waals surface area contributed by atoms with Crippen molar-refractivity contribution in [2.24, 2.45) is 0 Å². The van der Waals surface area contributed by atoms with Crippen molar-refractivity contribution in [1.82, 2.24) is 14.7 Å². The summed E-state index contributed by atoms with van der Waals surface area (Å²) in [5, 5.41) is 0. The first-order valence-corrected chi connectivity index (χ1v) is 7.25. The number of urea groups is 1. The van der Waals surface area contributed by atoms with Gasteiger partial charge in [0.05, 0.1) is 11.6 Å². The Labute approximate surface area is 127 Å². The topological polar surface area (TPSA) is 26.8 Å². The number of amides is 2. The van der Waals surface area contributed by atoms with Crippen LogP contribution in [0, 0.1) is 0 Å². The van der Waals surface area contributed by atoms with Crippen LogP contribution in [0.1, 0.15) is 11.1 Å². The van der Waals surface area contributed by atoms with Gasteiger partial charge in [-0.2, -0.15) is 13.2 Å². The Kier molecular flexibility index (Phi) is 3.76. The van der Waals surface area contributed by atoms with Gasteiger partial charge in [0.1, 0.15) is 0 Å². The Bertz CT molecular complexity index is 558. The van der Waals surface area contributed by atoms with Crippen LogP contribution in [-0.2, 0) is 12.7 Å². The van der Waals surface area contributed by atoms with Crippen molar-refractivity contribution in [1.29, 1.82) is 0 Å². The van der Waals surface area contributed by atoms with Crippen LogP contribution >= 0.6 is 0 Å². The summed E-state index contributed by atoms with van der Waals surface area (Å²) < 4.78 is 37.6. The standard InChI is InChI=1S/C15H18F3N3O/c1-19-9-13-10-20(6-7-21(13)14(19)22)8-11-2-4-12(5-3-11)15(16,17)18/h2-5,13H,6-10H2,1H3/t13-/m0/s1. The van der Waals surface area contributed by atoms with Crippen molar-refractivity contribution in [3.8, 4) is 0 Å². The van der Waals surface area contributed by atoms with Crippen LogP contribution in [0.25, 0.3) is 0 Å². The number of hydrogen-bond donors (Lipinski definition) is 0. The third-order valence-corrected chi connectivity index (χ3v) is 4.31. The predicted octanol–water partition coefficient (Wildman–Crippen LogP) is 2.26. The molecular formula is C15H18F3N3O. The molecule has 1 aromatic carbocycles. The summed E-state index contributed by atoms with van der Waals surface area (Å²) in [5.74, 6) is 0. The van der Waals surface area contributed by atoms with E-state index >= 15 is 0 Å². The molecule has 3 rings (SSSR count). The van der Waals surface area contributed by atoms with Gasteiger partial charge in [0.15, 0.2) is 0 Å². The van der Waals surface area contributed by atoms with Gasteiger partial charge in [-0.1, -0.05) is 12.1 Å². The van der Waals surface area contributed by atoms with Crippen LogP contribution in [0.4, 0.5) is 18.0 Å². The van der Waals surface area contributed by atoms with Crippen molar-refractivity contribution >= 4 is 6.03 Å². The summed E-state index contributed by atoms with van der Waals surface area (Å²) in [6.07, 6.45) is -4.29. The fourth-order valence-corrected chi connectivity index (χ4v) is 3.14. The summed E-state index contributed by atoms with van der Waals surface area (Å²) >= 11 is 0. The van der Waals surface area contributed by atoms with Crippen LogP contribution < -0.4 is 0 Å². The zero-order valence-electron chi connectivity index (χ0n) is 12.3. The Morgan fingerprint density at radius 3 is 2.45 bits per heavy atom. The van der Waals surface area contributed by atoms with E-state index < -0.39 is 11.7 Å². The monoisotopic (exact) mass is 313 g/mol. The number of carbonyl (C=O) groups is 1. The highest BCUT2D eigenvalue weighted by atomic mass is 19.4. The van der Waals surface area contributed by atoms with Gasteiger partial charge in [0.25, 0.3) is 0 Å². The molecule has 0 saturated carbocycles. The summed E-state index contributed by atoms with van der Waals surface area (Å²) in [6, 6.07) is 5.55. The maximum atomic E-state index is 12.5. The van der Waals surface area contributed by atoms with E-state index in [-0.39, 0.29) is 12.1 Å². The van der Waals surface area contributed by atoms with E-state index in [9.17, 15) is 18.0 Å². The molecule has 0 spiro atoms. The first kappa shape index (κ1) is 15.1. The van der Waals surface area contributed by atoms with Crippen molar-refractivity contribution < 1.29 is 18.0 Å². The van der Waals surface area contributed by atoms with Gasteiger partial charge in [0.2, 0.25) is 0 Å². The minimum atomic E-state index is -4.29. The molecule has 1 aromatic rings. The molecular weight excluding hydrogens is 295 g/mol. The van der Waals surface area contributed by atoms with E-state index in [1.165, 1.54) is 12.1 Å². The number of carbonyl (C=O) groups excluding carboxylic acids is 1. The Balaban J connectivity index is 1.62. The van der Waals surface area contributed by atoms with Crippen molar-refractivity contribution in [3.05, 3.63) is 35.4 Å². The molecule has 0 aliphatic carbocycles. The van der Waals surface area contributed by atoms with Gasteiger partial charge in [-0.25, -0.2) is 4.79 Å². The molecule has 2 fully saturated rings. The highest BCUT2D eigenvalue weighted by Crippen LogP contribution is 2.29. The lowest BCUT2D eigenvalue weighted by Gasteiger charge is -2.36. The molecule has 22 heavy (non-hydrogen) atoms. The van der Waals surface area contributed by atoms with Gasteiger partial charge in [0, 0.05) is 39.8 Å². The molecule has 0 radical (unpaired) electrons. The molecule has 1 atom stereocenters. The Morgan fingerprint density at radius 2 is 1.82 bits per heavy atom. The highest BCUT2D eigenvalue weighted by molar-refractivity contribution is 5.77. The predicted molar refractivity (Wildman–Crippen MR) is 75.2 cm³/mol. The maximum absolute atomic E-state index is 12.5. The van der Waals surface area contributed by atoms with Crippen LogP contribution in [-0.4, -0.2) is 60.0 Å².